The third kappa shape index (κ3) is 4.39. The van der Waals surface area contributed by atoms with E-state index >= 15 is 0 Å². The van der Waals surface area contributed by atoms with Crippen LogP contribution in [-0.2, 0) is 9.53 Å². The van der Waals surface area contributed by atoms with Gasteiger partial charge < -0.3 is 19.8 Å². The molecular weight excluding hydrogens is 344 g/mol. The summed E-state index contributed by atoms with van der Waals surface area (Å²) in [5.74, 6) is -0.566. The first-order valence-corrected chi connectivity index (χ1v) is 10.3. The van der Waals surface area contributed by atoms with Gasteiger partial charge in [-0.3, -0.25) is 4.90 Å². The molecular formula is C21H34N2O4. The van der Waals surface area contributed by atoms with E-state index < -0.39 is 5.97 Å². The molecule has 152 valence electrons. The summed E-state index contributed by atoms with van der Waals surface area (Å²) in [6, 6.07) is 0. The normalized spacial score (nSPS) is 30.6. The fraction of sp³-hybridized carbons (Fsp3) is 0.762. The molecule has 1 aliphatic carbocycles. The summed E-state index contributed by atoms with van der Waals surface area (Å²) in [5.41, 5.74) is 2.17. The zero-order valence-electron chi connectivity index (χ0n) is 16.9. The molecule has 0 aromatic heterocycles. The number of nitrogens with zero attached hydrogens (tertiary/aromatic N) is 2. The number of hydrogen-bond donors (Lipinski definition) is 2. The Morgan fingerprint density at radius 3 is 2.52 bits per heavy atom. The molecule has 3 atom stereocenters. The zero-order chi connectivity index (χ0) is 19.6. The average molecular weight is 379 g/mol. The molecule has 6 heteroatoms. The average Bonchev–Trinajstić information content (AvgIpc) is 2.64. The Bertz CT molecular complexity index is 607. The molecule has 3 aliphatic rings. The van der Waals surface area contributed by atoms with E-state index in [1.165, 1.54) is 0 Å². The van der Waals surface area contributed by atoms with E-state index in [4.69, 9.17) is 4.74 Å². The van der Waals surface area contributed by atoms with Gasteiger partial charge in [-0.05, 0) is 37.3 Å². The van der Waals surface area contributed by atoms with E-state index in [0.29, 0.717) is 25.3 Å². The van der Waals surface area contributed by atoms with Crippen LogP contribution in [-0.4, -0.2) is 71.1 Å². The maximum Gasteiger partial charge on any atom is 0.337 e. The fourth-order valence-corrected chi connectivity index (χ4v) is 4.79. The van der Waals surface area contributed by atoms with Crippen LogP contribution in [0.5, 0.6) is 0 Å². The van der Waals surface area contributed by atoms with Crippen LogP contribution in [0.15, 0.2) is 22.9 Å². The van der Waals surface area contributed by atoms with E-state index in [0.717, 1.165) is 50.0 Å². The first-order chi connectivity index (χ1) is 12.9. The first-order valence-electron chi connectivity index (χ1n) is 10.3. The predicted octanol–water partition coefficient (Wildman–Crippen LogP) is 2.45. The fourth-order valence-electron chi connectivity index (χ4n) is 4.79. The smallest absolute Gasteiger partial charge is 0.337 e. The van der Waals surface area contributed by atoms with Crippen molar-refractivity contribution in [2.45, 2.75) is 58.7 Å². The van der Waals surface area contributed by atoms with E-state index in [2.05, 4.69) is 29.7 Å². The zero-order valence-corrected chi connectivity index (χ0v) is 16.9. The Morgan fingerprint density at radius 1 is 1.26 bits per heavy atom. The second-order valence-electron chi connectivity index (χ2n) is 8.40. The van der Waals surface area contributed by atoms with Gasteiger partial charge in [0, 0.05) is 31.2 Å². The Kier molecular flexibility index (Phi) is 6.61. The quantitative estimate of drug-likeness (QED) is 0.766. The van der Waals surface area contributed by atoms with Gasteiger partial charge in [0.15, 0.2) is 0 Å². The van der Waals surface area contributed by atoms with Crippen molar-refractivity contribution in [2.24, 2.45) is 11.8 Å². The van der Waals surface area contributed by atoms with Crippen LogP contribution in [0.25, 0.3) is 0 Å². The number of aliphatic carboxylic acids is 1. The second kappa shape index (κ2) is 8.76. The topological polar surface area (TPSA) is 73.2 Å². The summed E-state index contributed by atoms with van der Waals surface area (Å²) in [6.07, 6.45) is 5.90. The van der Waals surface area contributed by atoms with Gasteiger partial charge in [0.2, 0.25) is 0 Å². The van der Waals surface area contributed by atoms with E-state index in [1.807, 2.05) is 6.92 Å². The molecule has 0 aromatic carbocycles. The summed E-state index contributed by atoms with van der Waals surface area (Å²) < 4.78 is 5.53. The molecule has 0 bridgehead atoms. The number of carboxylic acids is 1. The minimum Gasteiger partial charge on any atom is -0.478 e. The van der Waals surface area contributed by atoms with Crippen LogP contribution >= 0.6 is 0 Å². The number of rotatable bonds is 5. The molecule has 0 radical (unpaired) electrons. The maximum atomic E-state index is 12.1. The van der Waals surface area contributed by atoms with Gasteiger partial charge >= 0.3 is 5.97 Å². The molecule has 2 N–H and O–H groups in total. The van der Waals surface area contributed by atoms with Crippen LogP contribution in [0.3, 0.4) is 0 Å². The van der Waals surface area contributed by atoms with Crippen molar-refractivity contribution < 1.29 is 19.7 Å². The third-order valence-corrected chi connectivity index (χ3v) is 6.16. The number of ether oxygens (including phenoxy) is 1. The summed E-state index contributed by atoms with van der Waals surface area (Å²) >= 11 is 0. The lowest BCUT2D eigenvalue weighted by Crippen LogP contribution is -2.55. The molecule has 0 aromatic rings. The number of aliphatic hydroxyl groups excluding tert-OH is 1. The van der Waals surface area contributed by atoms with Crippen LogP contribution < -0.4 is 0 Å². The number of carboxylic acid groups (broad SMARTS) is 1. The second-order valence-corrected chi connectivity index (χ2v) is 8.40. The van der Waals surface area contributed by atoms with Gasteiger partial charge in [-0.15, -0.1) is 0 Å². The number of aliphatic hydroxyl groups is 1. The van der Waals surface area contributed by atoms with Crippen molar-refractivity contribution in [2.75, 3.05) is 32.8 Å². The van der Waals surface area contributed by atoms with Crippen molar-refractivity contribution in [1.29, 1.82) is 0 Å². The van der Waals surface area contributed by atoms with Gasteiger partial charge in [-0.2, -0.15) is 0 Å². The lowest BCUT2D eigenvalue weighted by molar-refractivity contribution is -0.132. The number of hydrogen-bond acceptors (Lipinski definition) is 5. The molecule has 2 heterocycles. The Balaban J connectivity index is 1.97. The minimum atomic E-state index is -0.859. The van der Waals surface area contributed by atoms with Gasteiger partial charge in [-0.25, -0.2) is 4.79 Å². The molecule has 1 saturated carbocycles. The van der Waals surface area contributed by atoms with Crippen molar-refractivity contribution in [3.63, 3.8) is 0 Å². The van der Waals surface area contributed by atoms with Crippen LogP contribution in [0.1, 0.15) is 46.5 Å². The Hall–Kier alpha value is -1.37. The summed E-state index contributed by atoms with van der Waals surface area (Å²) in [6.45, 7) is 9.84. The molecule has 2 fully saturated rings. The summed E-state index contributed by atoms with van der Waals surface area (Å²) in [4.78, 5) is 16.7. The standard InChI is InChI=1S/C21H34N2O4/c1-14(2)20-19(21(25)26)15(3)12-18(22-8-10-27-11-9-22)23(20)13-16-6-4-5-7-17(16)24/h12,14,16-18,24H,4-11,13H2,1-3H3,(H,25,26)/t16-,17+,18?/m0/s1. The van der Waals surface area contributed by atoms with Gasteiger partial charge in [-0.1, -0.05) is 26.7 Å². The van der Waals surface area contributed by atoms with Crippen LogP contribution in [0.4, 0.5) is 0 Å². The Morgan fingerprint density at radius 2 is 1.93 bits per heavy atom. The molecule has 27 heavy (non-hydrogen) atoms. The number of allylic oxidation sites excluding steroid dienone is 1. The minimum absolute atomic E-state index is 0.0310. The largest absolute Gasteiger partial charge is 0.478 e. The number of morpholine rings is 1. The molecule has 1 unspecified atom stereocenters. The maximum absolute atomic E-state index is 12.1. The van der Waals surface area contributed by atoms with Crippen molar-refractivity contribution in [3.8, 4) is 0 Å². The van der Waals surface area contributed by atoms with E-state index in [1.54, 1.807) is 0 Å². The van der Waals surface area contributed by atoms with Crippen molar-refractivity contribution in [1.82, 2.24) is 9.80 Å². The highest BCUT2D eigenvalue weighted by atomic mass is 16.5. The van der Waals surface area contributed by atoms with Crippen molar-refractivity contribution >= 4 is 5.97 Å². The van der Waals surface area contributed by atoms with Crippen LogP contribution in [0, 0.1) is 11.8 Å². The highest BCUT2D eigenvalue weighted by Gasteiger charge is 2.37. The summed E-state index contributed by atoms with van der Waals surface area (Å²) in [5, 5.41) is 20.4. The molecule has 2 aliphatic heterocycles. The van der Waals surface area contributed by atoms with Gasteiger partial charge in [0.25, 0.3) is 0 Å². The Labute approximate surface area is 162 Å². The highest BCUT2D eigenvalue weighted by Crippen LogP contribution is 2.36. The van der Waals surface area contributed by atoms with E-state index in [9.17, 15) is 15.0 Å². The highest BCUT2D eigenvalue weighted by molar-refractivity contribution is 5.93. The molecule has 0 amide bonds. The third-order valence-electron chi connectivity index (χ3n) is 6.16. The monoisotopic (exact) mass is 378 g/mol. The SMILES string of the molecule is CC1=CC(N2CCOCC2)N(C[C@@H]2CCCC[C@H]2O)C(C(C)C)=C1C(=O)O. The molecule has 6 nitrogen and oxygen atoms in total. The molecule has 1 saturated heterocycles. The van der Waals surface area contributed by atoms with Gasteiger partial charge in [0.1, 0.15) is 6.17 Å². The van der Waals surface area contributed by atoms with Crippen LogP contribution in [0.2, 0.25) is 0 Å². The molecule has 0 spiro atoms. The predicted molar refractivity (Wildman–Crippen MR) is 104 cm³/mol. The lowest BCUT2D eigenvalue weighted by Gasteiger charge is -2.48. The lowest BCUT2D eigenvalue weighted by atomic mass is 9.84. The number of carbonyl (C=O) groups is 1. The first kappa shape index (κ1) is 20.4. The molecule has 3 rings (SSSR count). The van der Waals surface area contributed by atoms with Crippen molar-refractivity contribution in [3.05, 3.63) is 22.9 Å². The van der Waals surface area contributed by atoms with E-state index in [-0.39, 0.29) is 24.1 Å². The summed E-state index contributed by atoms with van der Waals surface area (Å²) in [7, 11) is 0. The van der Waals surface area contributed by atoms with Gasteiger partial charge in [0.05, 0.1) is 24.9 Å².